The highest BCUT2D eigenvalue weighted by atomic mass is 127. The second-order valence-electron chi connectivity index (χ2n) is 2.75. The molecule has 0 aromatic rings. The SMILES string of the molecule is FC(F)(F)CNC1=NCCCC1.I. The fraction of sp³-hybridized carbons (Fsp3) is 0.857. The zero-order chi connectivity index (χ0) is 9.03. The molecule has 1 heterocycles. The predicted octanol–water partition coefficient (Wildman–Crippen LogP) is 2.34. The molecule has 0 bridgehead atoms. The minimum Gasteiger partial charge on any atom is -0.365 e. The van der Waals surface area contributed by atoms with E-state index in [0.29, 0.717) is 18.8 Å². The summed E-state index contributed by atoms with van der Waals surface area (Å²) in [6, 6.07) is 0. The molecule has 0 unspecified atom stereocenters. The van der Waals surface area contributed by atoms with Gasteiger partial charge in [0.15, 0.2) is 0 Å². The summed E-state index contributed by atoms with van der Waals surface area (Å²) in [6.07, 6.45) is -1.57. The Hall–Kier alpha value is -0.0100. The third kappa shape index (κ3) is 6.11. The van der Waals surface area contributed by atoms with E-state index in [1.165, 1.54) is 0 Å². The van der Waals surface area contributed by atoms with E-state index in [9.17, 15) is 13.2 Å². The van der Waals surface area contributed by atoms with Gasteiger partial charge in [0, 0.05) is 13.0 Å². The van der Waals surface area contributed by atoms with Crippen molar-refractivity contribution in [1.29, 1.82) is 0 Å². The van der Waals surface area contributed by atoms with E-state index in [1.807, 2.05) is 0 Å². The van der Waals surface area contributed by atoms with Crippen LogP contribution in [0.1, 0.15) is 19.3 Å². The highest BCUT2D eigenvalue weighted by Crippen LogP contribution is 2.13. The first-order valence-electron chi connectivity index (χ1n) is 3.92. The van der Waals surface area contributed by atoms with E-state index in [0.717, 1.165) is 12.8 Å². The van der Waals surface area contributed by atoms with Crippen molar-refractivity contribution >= 4 is 29.8 Å². The number of alkyl halides is 3. The first-order valence-corrected chi connectivity index (χ1v) is 3.92. The van der Waals surface area contributed by atoms with Gasteiger partial charge in [-0.2, -0.15) is 13.2 Å². The van der Waals surface area contributed by atoms with E-state index < -0.39 is 12.7 Å². The number of nitrogens with zero attached hydrogens (tertiary/aromatic N) is 1. The van der Waals surface area contributed by atoms with E-state index >= 15 is 0 Å². The van der Waals surface area contributed by atoms with Crippen LogP contribution in [0.4, 0.5) is 13.2 Å². The van der Waals surface area contributed by atoms with Crippen LogP contribution < -0.4 is 5.32 Å². The average molecular weight is 308 g/mol. The molecule has 0 radical (unpaired) electrons. The molecule has 0 saturated carbocycles. The number of nitrogens with one attached hydrogen (secondary N) is 1. The van der Waals surface area contributed by atoms with Crippen LogP contribution in [0.5, 0.6) is 0 Å². The fourth-order valence-corrected chi connectivity index (χ4v) is 1.04. The molecule has 1 N–H and O–H groups in total. The Morgan fingerprint density at radius 3 is 2.46 bits per heavy atom. The quantitative estimate of drug-likeness (QED) is 0.739. The molecule has 0 atom stereocenters. The van der Waals surface area contributed by atoms with Gasteiger partial charge in [-0.25, -0.2) is 0 Å². The van der Waals surface area contributed by atoms with Gasteiger partial charge in [0.2, 0.25) is 0 Å². The van der Waals surface area contributed by atoms with Crippen molar-refractivity contribution in [2.45, 2.75) is 25.4 Å². The minimum absolute atomic E-state index is 0. The fourth-order valence-electron chi connectivity index (χ4n) is 1.04. The molecule has 0 fully saturated rings. The molecular formula is C7H12F3IN2. The first-order chi connectivity index (χ1) is 5.58. The van der Waals surface area contributed by atoms with Crippen molar-refractivity contribution in [2.75, 3.05) is 13.1 Å². The summed E-state index contributed by atoms with van der Waals surface area (Å²) in [7, 11) is 0. The first kappa shape index (κ1) is 13.0. The summed E-state index contributed by atoms with van der Waals surface area (Å²) in [4.78, 5) is 3.94. The van der Waals surface area contributed by atoms with Crippen LogP contribution in [0.2, 0.25) is 0 Å². The van der Waals surface area contributed by atoms with Gasteiger partial charge in [0.25, 0.3) is 0 Å². The van der Waals surface area contributed by atoms with Gasteiger partial charge in [-0.05, 0) is 12.8 Å². The Bertz CT molecular complexity index is 179. The molecule has 0 aromatic heterocycles. The molecule has 6 heteroatoms. The van der Waals surface area contributed by atoms with Gasteiger partial charge in [0.05, 0.1) is 5.84 Å². The maximum absolute atomic E-state index is 11.7. The topological polar surface area (TPSA) is 24.4 Å². The Morgan fingerprint density at radius 2 is 2.00 bits per heavy atom. The monoisotopic (exact) mass is 308 g/mol. The van der Waals surface area contributed by atoms with Crippen molar-refractivity contribution in [1.82, 2.24) is 5.32 Å². The molecule has 0 amide bonds. The van der Waals surface area contributed by atoms with Crippen LogP contribution in [0.3, 0.4) is 0 Å². The maximum atomic E-state index is 11.7. The van der Waals surface area contributed by atoms with Crippen molar-refractivity contribution < 1.29 is 13.2 Å². The molecular weight excluding hydrogens is 296 g/mol. The Kier molecular flexibility index (Phi) is 5.66. The molecule has 0 aliphatic carbocycles. The van der Waals surface area contributed by atoms with E-state index in [1.54, 1.807) is 0 Å². The standard InChI is InChI=1S/C7H11F3N2.HI/c8-7(9,10)5-12-6-3-1-2-4-11-6;/h1-5H2,(H,11,12);1H. The van der Waals surface area contributed by atoms with Crippen LogP contribution in [0.15, 0.2) is 4.99 Å². The average Bonchev–Trinajstić information content (AvgIpc) is 2.02. The smallest absolute Gasteiger partial charge is 0.365 e. The highest BCUT2D eigenvalue weighted by molar-refractivity contribution is 14.0. The molecule has 78 valence electrons. The van der Waals surface area contributed by atoms with E-state index in [4.69, 9.17) is 0 Å². The lowest BCUT2D eigenvalue weighted by Gasteiger charge is -2.14. The number of hydrogen-bond acceptors (Lipinski definition) is 2. The summed E-state index contributed by atoms with van der Waals surface area (Å²) in [5, 5.41) is 2.29. The summed E-state index contributed by atoms with van der Waals surface area (Å²) in [5.41, 5.74) is 0. The third-order valence-electron chi connectivity index (χ3n) is 1.62. The van der Waals surface area contributed by atoms with Gasteiger partial charge >= 0.3 is 6.18 Å². The summed E-state index contributed by atoms with van der Waals surface area (Å²) >= 11 is 0. The normalized spacial score (nSPS) is 17.3. The minimum atomic E-state index is -4.14. The highest BCUT2D eigenvalue weighted by Gasteiger charge is 2.27. The third-order valence-corrected chi connectivity index (χ3v) is 1.62. The molecule has 1 aliphatic heterocycles. The number of rotatable bonds is 1. The Labute approximate surface area is 92.0 Å². The van der Waals surface area contributed by atoms with Gasteiger partial charge in [-0.1, -0.05) is 0 Å². The van der Waals surface area contributed by atoms with Crippen LogP contribution in [-0.2, 0) is 0 Å². The largest absolute Gasteiger partial charge is 0.405 e. The molecule has 2 nitrogen and oxygen atoms in total. The summed E-state index contributed by atoms with van der Waals surface area (Å²) in [5.74, 6) is 0.499. The van der Waals surface area contributed by atoms with Crippen LogP contribution in [-0.4, -0.2) is 25.1 Å². The number of amidine groups is 1. The number of hydrogen-bond donors (Lipinski definition) is 1. The molecule has 1 rings (SSSR count). The lowest BCUT2D eigenvalue weighted by atomic mass is 10.2. The molecule has 0 spiro atoms. The van der Waals surface area contributed by atoms with Crippen molar-refractivity contribution in [3.8, 4) is 0 Å². The molecule has 13 heavy (non-hydrogen) atoms. The van der Waals surface area contributed by atoms with Gasteiger partial charge in [-0.15, -0.1) is 24.0 Å². The van der Waals surface area contributed by atoms with Crippen LogP contribution >= 0.6 is 24.0 Å². The molecule has 0 saturated heterocycles. The Balaban J connectivity index is 0.00000144. The summed E-state index contributed by atoms with van der Waals surface area (Å²) in [6.45, 7) is -0.313. The van der Waals surface area contributed by atoms with E-state index in [-0.39, 0.29) is 24.0 Å². The summed E-state index contributed by atoms with van der Waals surface area (Å²) < 4.78 is 35.1. The van der Waals surface area contributed by atoms with Crippen molar-refractivity contribution in [3.05, 3.63) is 0 Å². The zero-order valence-electron chi connectivity index (χ0n) is 7.02. The lowest BCUT2D eigenvalue weighted by molar-refractivity contribution is -0.122. The molecule has 1 aliphatic rings. The van der Waals surface area contributed by atoms with Crippen LogP contribution in [0.25, 0.3) is 0 Å². The molecule has 0 aromatic carbocycles. The predicted molar refractivity (Wildman–Crippen MR) is 55.6 cm³/mol. The van der Waals surface area contributed by atoms with E-state index in [2.05, 4.69) is 10.3 Å². The van der Waals surface area contributed by atoms with Gasteiger partial charge < -0.3 is 5.32 Å². The van der Waals surface area contributed by atoms with Gasteiger partial charge in [0.1, 0.15) is 6.54 Å². The van der Waals surface area contributed by atoms with Gasteiger partial charge in [-0.3, -0.25) is 4.99 Å². The Morgan fingerprint density at radius 1 is 1.31 bits per heavy atom. The maximum Gasteiger partial charge on any atom is 0.405 e. The zero-order valence-corrected chi connectivity index (χ0v) is 9.36. The number of aliphatic imine (C=N–C) groups is 1. The lowest BCUT2D eigenvalue weighted by Crippen LogP contribution is -2.34. The van der Waals surface area contributed by atoms with Crippen molar-refractivity contribution in [2.24, 2.45) is 4.99 Å². The second-order valence-corrected chi connectivity index (χ2v) is 2.75. The number of halogens is 4. The van der Waals surface area contributed by atoms with Crippen molar-refractivity contribution in [3.63, 3.8) is 0 Å². The van der Waals surface area contributed by atoms with Crippen LogP contribution in [0, 0.1) is 0 Å². The second kappa shape index (κ2) is 5.66.